The first-order valence-electron chi connectivity index (χ1n) is 7.53. The third-order valence-corrected chi connectivity index (χ3v) is 4.21. The molecule has 2 heterocycles. The Bertz CT molecular complexity index is 485. The number of nitrogens with one attached hydrogen (secondary N) is 1. The van der Waals surface area contributed by atoms with Gasteiger partial charge in [-0.05, 0) is 31.7 Å². The van der Waals surface area contributed by atoms with Crippen molar-refractivity contribution in [2.24, 2.45) is 5.92 Å². The molecule has 1 atom stereocenters. The van der Waals surface area contributed by atoms with Gasteiger partial charge in [0.2, 0.25) is 0 Å². The van der Waals surface area contributed by atoms with Crippen LogP contribution in [0.4, 0.5) is 19.0 Å². The first-order valence-corrected chi connectivity index (χ1v) is 7.53. The molecule has 1 saturated carbocycles. The van der Waals surface area contributed by atoms with Gasteiger partial charge in [0.25, 0.3) is 0 Å². The van der Waals surface area contributed by atoms with Gasteiger partial charge in [-0.3, -0.25) is 0 Å². The quantitative estimate of drug-likeness (QED) is 0.926. The van der Waals surface area contributed by atoms with Gasteiger partial charge in [0.05, 0.1) is 5.92 Å². The predicted octanol–water partition coefficient (Wildman–Crippen LogP) is 3.11. The lowest BCUT2D eigenvalue weighted by molar-refractivity contribution is -0.176. The zero-order valence-electron chi connectivity index (χ0n) is 11.9. The van der Waals surface area contributed by atoms with Crippen molar-refractivity contribution in [3.05, 3.63) is 23.9 Å². The van der Waals surface area contributed by atoms with Gasteiger partial charge in [-0.2, -0.15) is 13.2 Å². The fourth-order valence-corrected chi connectivity index (χ4v) is 2.83. The average Bonchev–Trinajstić information content (AvgIpc) is 3.29. The molecule has 1 aliphatic carbocycles. The number of alkyl halides is 3. The predicted molar refractivity (Wildman–Crippen MR) is 75.1 cm³/mol. The van der Waals surface area contributed by atoms with Crippen LogP contribution in [-0.2, 0) is 6.54 Å². The number of pyridine rings is 1. The summed E-state index contributed by atoms with van der Waals surface area (Å²) in [5.74, 6) is -0.530. The van der Waals surface area contributed by atoms with E-state index in [1.54, 1.807) is 11.1 Å². The molecule has 0 spiro atoms. The largest absolute Gasteiger partial charge is 0.393 e. The van der Waals surface area contributed by atoms with E-state index < -0.39 is 12.1 Å². The smallest absolute Gasteiger partial charge is 0.356 e. The summed E-state index contributed by atoms with van der Waals surface area (Å²) in [5, 5.41) is 3.40. The van der Waals surface area contributed by atoms with Gasteiger partial charge in [-0.1, -0.05) is 6.07 Å². The molecule has 0 bridgehead atoms. The van der Waals surface area contributed by atoms with Crippen LogP contribution < -0.4 is 10.2 Å². The van der Waals surface area contributed by atoms with Gasteiger partial charge in [0.15, 0.2) is 0 Å². The molecular formula is C15H20F3N3. The van der Waals surface area contributed by atoms with Crippen molar-refractivity contribution in [2.45, 2.75) is 44.4 Å². The van der Waals surface area contributed by atoms with E-state index in [4.69, 9.17) is 0 Å². The van der Waals surface area contributed by atoms with Crippen molar-refractivity contribution < 1.29 is 13.2 Å². The van der Waals surface area contributed by atoms with Crippen LogP contribution >= 0.6 is 0 Å². The summed E-state index contributed by atoms with van der Waals surface area (Å²) < 4.78 is 38.8. The van der Waals surface area contributed by atoms with E-state index in [1.165, 1.54) is 12.8 Å². The molecule has 6 heteroatoms. The Kier molecular flexibility index (Phi) is 4.06. The number of halogens is 3. The minimum atomic E-state index is -4.11. The molecule has 0 amide bonds. The molecule has 1 aromatic heterocycles. The maximum Gasteiger partial charge on any atom is 0.393 e. The highest BCUT2D eigenvalue weighted by atomic mass is 19.4. The van der Waals surface area contributed by atoms with Crippen LogP contribution in [0, 0.1) is 5.92 Å². The van der Waals surface area contributed by atoms with Crippen molar-refractivity contribution in [1.29, 1.82) is 0 Å². The summed E-state index contributed by atoms with van der Waals surface area (Å²) >= 11 is 0. The van der Waals surface area contributed by atoms with E-state index in [1.807, 2.05) is 12.1 Å². The van der Waals surface area contributed by atoms with Gasteiger partial charge >= 0.3 is 6.18 Å². The molecule has 2 fully saturated rings. The third-order valence-electron chi connectivity index (χ3n) is 4.21. The highest BCUT2D eigenvalue weighted by Crippen LogP contribution is 2.35. The van der Waals surface area contributed by atoms with Crippen LogP contribution in [0.3, 0.4) is 0 Å². The maximum atomic E-state index is 12.9. The van der Waals surface area contributed by atoms with E-state index in [2.05, 4.69) is 10.3 Å². The SMILES string of the molecule is FC(F)(F)C1CCCN(c2ncccc2CNC2CC2)C1. The van der Waals surface area contributed by atoms with Gasteiger partial charge < -0.3 is 10.2 Å². The minimum absolute atomic E-state index is 0.0247. The number of piperidine rings is 1. The molecule has 3 nitrogen and oxygen atoms in total. The molecule has 0 aromatic carbocycles. The summed E-state index contributed by atoms with van der Waals surface area (Å²) in [5.41, 5.74) is 0.993. The lowest BCUT2D eigenvalue weighted by Gasteiger charge is -2.35. The van der Waals surface area contributed by atoms with Crippen molar-refractivity contribution in [2.75, 3.05) is 18.0 Å². The summed E-state index contributed by atoms with van der Waals surface area (Å²) in [6.45, 7) is 1.36. The Morgan fingerprint density at radius 2 is 2.10 bits per heavy atom. The maximum absolute atomic E-state index is 12.9. The normalized spacial score (nSPS) is 23.4. The highest BCUT2D eigenvalue weighted by molar-refractivity contribution is 5.47. The minimum Gasteiger partial charge on any atom is -0.356 e. The standard InChI is InChI=1S/C15H20F3N3/c16-15(17,18)12-4-2-8-21(10-12)14-11(3-1-7-19-14)9-20-13-5-6-13/h1,3,7,12-13,20H,2,4-6,8-10H2. The molecule has 1 aliphatic heterocycles. The molecule has 1 unspecified atom stereocenters. The van der Waals surface area contributed by atoms with Gasteiger partial charge in [0, 0.05) is 37.4 Å². The van der Waals surface area contributed by atoms with Crippen LogP contribution in [-0.4, -0.2) is 30.3 Å². The van der Waals surface area contributed by atoms with E-state index in [9.17, 15) is 13.2 Å². The van der Waals surface area contributed by atoms with Gasteiger partial charge in [0.1, 0.15) is 5.82 Å². The molecule has 116 valence electrons. The number of hydrogen-bond donors (Lipinski definition) is 1. The van der Waals surface area contributed by atoms with E-state index in [0.717, 1.165) is 5.56 Å². The van der Waals surface area contributed by atoms with Crippen LogP contribution in [0.5, 0.6) is 0 Å². The zero-order valence-corrected chi connectivity index (χ0v) is 11.9. The Labute approximate surface area is 122 Å². The second-order valence-electron chi connectivity index (χ2n) is 5.97. The molecule has 0 radical (unpaired) electrons. The topological polar surface area (TPSA) is 28.2 Å². The van der Waals surface area contributed by atoms with Gasteiger partial charge in [-0.25, -0.2) is 4.98 Å². The Morgan fingerprint density at radius 3 is 2.81 bits per heavy atom. The highest BCUT2D eigenvalue weighted by Gasteiger charge is 2.42. The number of anilines is 1. The van der Waals surface area contributed by atoms with Crippen molar-refractivity contribution in [3.63, 3.8) is 0 Å². The van der Waals surface area contributed by atoms with Crippen LogP contribution in [0.25, 0.3) is 0 Å². The molecule has 1 aromatic rings. The molecule has 3 rings (SSSR count). The van der Waals surface area contributed by atoms with Crippen molar-refractivity contribution in [3.8, 4) is 0 Å². The Morgan fingerprint density at radius 1 is 1.29 bits per heavy atom. The Balaban J connectivity index is 1.72. The number of hydrogen-bond acceptors (Lipinski definition) is 3. The first kappa shape index (κ1) is 14.6. The van der Waals surface area contributed by atoms with Crippen molar-refractivity contribution in [1.82, 2.24) is 10.3 Å². The van der Waals surface area contributed by atoms with Crippen molar-refractivity contribution >= 4 is 5.82 Å². The molecule has 21 heavy (non-hydrogen) atoms. The number of aromatic nitrogens is 1. The molecule has 1 saturated heterocycles. The summed E-state index contributed by atoms with van der Waals surface area (Å²) in [6, 6.07) is 4.37. The molecule has 1 N–H and O–H groups in total. The van der Waals surface area contributed by atoms with E-state index >= 15 is 0 Å². The molecular weight excluding hydrogens is 279 g/mol. The first-order chi connectivity index (χ1) is 10.0. The zero-order chi connectivity index (χ0) is 14.9. The fourth-order valence-electron chi connectivity index (χ4n) is 2.83. The second-order valence-corrected chi connectivity index (χ2v) is 5.97. The monoisotopic (exact) mass is 299 g/mol. The average molecular weight is 299 g/mol. The van der Waals surface area contributed by atoms with Crippen LogP contribution in [0.15, 0.2) is 18.3 Å². The van der Waals surface area contributed by atoms with Gasteiger partial charge in [-0.15, -0.1) is 0 Å². The lowest BCUT2D eigenvalue weighted by atomic mass is 9.97. The lowest BCUT2D eigenvalue weighted by Crippen LogP contribution is -2.42. The number of rotatable bonds is 4. The van der Waals surface area contributed by atoms with E-state index in [-0.39, 0.29) is 13.0 Å². The van der Waals surface area contributed by atoms with Crippen LogP contribution in [0.2, 0.25) is 0 Å². The summed E-state index contributed by atoms with van der Waals surface area (Å²) in [7, 11) is 0. The second kappa shape index (κ2) is 5.83. The van der Waals surface area contributed by atoms with E-state index in [0.29, 0.717) is 31.4 Å². The fraction of sp³-hybridized carbons (Fsp3) is 0.667. The summed E-state index contributed by atoms with van der Waals surface area (Å²) in [6.07, 6.45) is 0.719. The Hall–Kier alpha value is -1.30. The number of nitrogens with zero attached hydrogens (tertiary/aromatic N) is 2. The van der Waals surface area contributed by atoms with Crippen LogP contribution in [0.1, 0.15) is 31.2 Å². The summed E-state index contributed by atoms with van der Waals surface area (Å²) in [4.78, 5) is 6.13. The molecule has 2 aliphatic rings. The third kappa shape index (κ3) is 3.67.